The van der Waals surface area contributed by atoms with Gasteiger partial charge >= 0.3 is 6.09 Å². The van der Waals surface area contributed by atoms with Crippen LogP contribution in [0.4, 0.5) is 4.79 Å². The van der Waals surface area contributed by atoms with E-state index in [-0.39, 0.29) is 23.0 Å². The van der Waals surface area contributed by atoms with Gasteiger partial charge < -0.3 is 25.8 Å². The molecule has 0 aliphatic rings. The third-order valence-electron chi connectivity index (χ3n) is 4.98. The van der Waals surface area contributed by atoms with Crippen molar-refractivity contribution in [3.63, 3.8) is 0 Å². The second-order valence-corrected chi connectivity index (χ2v) is 11.9. The Morgan fingerprint density at radius 1 is 1.03 bits per heavy atom. The quantitative estimate of drug-likeness (QED) is 0.237. The van der Waals surface area contributed by atoms with Crippen LogP contribution >= 0.6 is 0 Å². The zero-order valence-electron chi connectivity index (χ0n) is 23.4. The lowest BCUT2D eigenvalue weighted by molar-refractivity contribution is -0.110. The fourth-order valence-corrected chi connectivity index (χ4v) is 3.84. The second kappa shape index (κ2) is 16.5. The van der Waals surface area contributed by atoms with Gasteiger partial charge in [-0.2, -0.15) is 0 Å². The lowest BCUT2D eigenvalue weighted by Crippen LogP contribution is -2.34. The number of alkyl carbamates (subject to hydrolysis) is 1. The number of rotatable bonds is 14. The third-order valence-corrected chi connectivity index (χ3v) is 4.98. The summed E-state index contributed by atoms with van der Waals surface area (Å²) in [6.07, 6.45) is 4.39. The van der Waals surface area contributed by atoms with Crippen molar-refractivity contribution in [3.8, 4) is 0 Å². The van der Waals surface area contributed by atoms with Crippen molar-refractivity contribution in [1.29, 1.82) is 0 Å². The number of carbonyl (C=O) groups excluding carboxylic acids is 2. The summed E-state index contributed by atoms with van der Waals surface area (Å²) >= 11 is 0. The molecule has 0 heterocycles. The standard InChI is InChI=1S/C17H27NO2.C11H24N2O2/c1-16(2,12-18-14-19)11-17(3,4)13-20-10-15-8-6-5-7-9-15;1-9(12)7-5-6-8-13-10(14)15-11(2,3)4/h5-9,14H,10-13H2,1-4H3,(H,18,19);9H,5-8,12H2,1-4H3,(H,13,14). The van der Waals surface area contributed by atoms with E-state index in [1.165, 1.54) is 5.56 Å². The van der Waals surface area contributed by atoms with Gasteiger partial charge in [-0.25, -0.2) is 4.79 Å². The summed E-state index contributed by atoms with van der Waals surface area (Å²) in [5.41, 5.74) is 6.54. The molecule has 0 bridgehead atoms. The fourth-order valence-electron chi connectivity index (χ4n) is 3.84. The summed E-state index contributed by atoms with van der Waals surface area (Å²) in [6.45, 7) is 19.0. The minimum absolute atomic E-state index is 0.0700. The Morgan fingerprint density at radius 2 is 1.66 bits per heavy atom. The second-order valence-electron chi connectivity index (χ2n) is 11.9. The molecule has 4 N–H and O–H groups in total. The molecule has 1 atom stereocenters. The van der Waals surface area contributed by atoms with Crippen molar-refractivity contribution >= 4 is 12.5 Å². The van der Waals surface area contributed by atoms with E-state index in [4.69, 9.17) is 15.2 Å². The zero-order chi connectivity index (χ0) is 27.0. The molecule has 0 saturated heterocycles. The smallest absolute Gasteiger partial charge is 0.407 e. The van der Waals surface area contributed by atoms with Crippen LogP contribution < -0.4 is 16.4 Å². The maximum Gasteiger partial charge on any atom is 0.407 e. The van der Waals surface area contributed by atoms with Crippen LogP contribution in [0, 0.1) is 10.8 Å². The van der Waals surface area contributed by atoms with Crippen LogP contribution in [0.2, 0.25) is 0 Å². The van der Waals surface area contributed by atoms with Gasteiger partial charge in [0.1, 0.15) is 5.60 Å². The van der Waals surface area contributed by atoms with Gasteiger partial charge in [-0.3, -0.25) is 4.79 Å². The highest BCUT2D eigenvalue weighted by Crippen LogP contribution is 2.33. The first-order valence-electron chi connectivity index (χ1n) is 12.7. The number of ether oxygens (including phenoxy) is 2. The number of carbonyl (C=O) groups is 2. The van der Waals surface area contributed by atoms with E-state index in [0.717, 1.165) is 32.1 Å². The summed E-state index contributed by atoms with van der Waals surface area (Å²) in [7, 11) is 0. The first-order chi connectivity index (χ1) is 16.2. The molecule has 35 heavy (non-hydrogen) atoms. The summed E-state index contributed by atoms with van der Waals surface area (Å²) in [5, 5.41) is 5.48. The largest absolute Gasteiger partial charge is 0.444 e. The first-order valence-corrected chi connectivity index (χ1v) is 12.7. The normalized spacial score (nSPS) is 12.7. The number of unbranched alkanes of at least 4 members (excludes halogenated alkanes) is 1. The highest BCUT2D eigenvalue weighted by Gasteiger charge is 2.29. The Labute approximate surface area is 213 Å². The molecule has 2 amide bonds. The lowest BCUT2D eigenvalue weighted by atomic mass is 9.75. The van der Waals surface area contributed by atoms with Gasteiger partial charge in [0.2, 0.25) is 6.41 Å². The summed E-state index contributed by atoms with van der Waals surface area (Å²) in [4.78, 5) is 21.6. The number of nitrogens with two attached hydrogens (primary N) is 1. The van der Waals surface area contributed by atoms with E-state index in [1.54, 1.807) is 0 Å². The van der Waals surface area contributed by atoms with E-state index < -0.39 is 5.60 Å². The molecule has 0 aromatic heterocycles. The molecule has 0 aliphatic carbocycles. The van der Waals surface area contributed by atoms with Gasteiger partial charge in [0.25, 0.3) is 0 Å². The molecule has 202 valence electrons. The average molecular weight is 494 g/mol. The maximum atomic E-state index is 11.2. The summed E-state index contributed by atoms with van der Waals surface area (Å²) in [5.74, 6) is 0. The van der Waals surface area contributed by atoms with Crippen LogP contribution in [-0.2, 0) is 20.9 Å². The first kappa shape index (κ1) is 32.9. The molecular weight excluding hydrogens is 442 g/mol. The number of nitrogens with one attached hydrogen (secondary N) is 2. The number of amides is 2. The predicted molar refractivity (Wildman–Crippen MR) is 144 cm³/mol. The van der Waals surface area contributed by atoms with Crippen LogP contribution in [0.5, 0.6) is 0 Å². The molecule has 1 rings (SSSR count). The van der Waals surface area contributed by atoms with Crippen LogP contribution in [0.15, 0.2) is 30.3 Å². The molecule has 0 saturated carbocycles. The molecule has 7 nitrogen and oxygen atoms in total. The van der Waals surface area contributed by atoms with Crippen molar-refractivity contribution in [2.24, 2.45) is 16.6 Å². The predicted octanol–water partition coefficient (Wildman–Crippen LogP) is 5.42. The van der Waals surface area contributed by atoms with Crippen molar-refractivity contribution < 1.29 is 19.1 Å². The maximum absolute atomic E-state index is 11.2. The Hall–Kier alpha value is -2.12. The van der Waals surface area contributed by atoms with E-state index >= 15 is 0 Å². The van der Waals surface area contributed by atoms with E-state index in [0.29, 0.717) is 26.3 Å². The van der Waals surface area contributed by atoms with Gasteiger partial charge in [-0.15, -0.1) is 0 Å². The Kier molecular flexibility index (Phi) is 15.5. The highest BCUT2D eigenvalue weighted by atomic mass is 16.6. The summed E-state index contributed by atoms with van der Waals surface area (Å²) in [6, 6.07) is 10.5. The van der Waals surface area contributed by atoms with Gasteiger partial charge in [-0.05, 0) is 63.4 Å². The molecule has 0 radical (unpaired) electrons. The molecule has 0 spiro atoms. The molecule has 1 unspecified atom stereocenters. The number of hydrogen-bond donors (Lipinski definition) is 3. The topological polar surface area (TPSA) is 103 Å². The van der Waals surface area contributed by atoms with Crippen LogP contribution in [0.1, 0.15) is 86.6 Å². The SMILES string of the molecule is CC(C)(CNC=O)CC(C)(C)COCc1ccccc1.CC(N)CCCCNC(=O)OC(C)(C)C. The van der Waals surface area contributed by atoms with Crippen molar-refractivity contribution in [2.45, 2.75) is 99.3 Å². The molecular formula is C28H51N3O4. The van der Waals surface area contributed by atoms with E-state index in [1.807, 2.05) is 45.9 Å². The minimum atomic E-state index is -0.421. The monoisotopic (exact) mass is 493 g/mol. The minimum Gasteiger partial charge on any atom is -0.444 e. The summed E-state index contributed by atoms with van der Waals surface area (Å²) < 4.78 is 10.9. The Morgan fingerprint density at radius 3 is 2.20 bits per heavy atom. The van der Waals surface area contributed by atoms with Gasteiger partial charge in [-0.1, -0.05) is 64.4 Å². The van der Waals surface area contributed by atoms with Crippen LogP contribution in [-0.4, -0.2) is 43.8 Å². The van der Waals surface area contributed by atoms with Crippen molar-refractivity contribution in [2.75, 3.05) is 19.7 Å². The molecule has 7 heteroatoms. The van der Waals surface area contributed by atoms with Crippen LogP contribution in [0.3, 0.4) is 0 Å². The zero-order valence-corrected chi connectivity index (χ0v) is 23.4. The number of hydrogen-bond acceptors (Lipinski definition) is 5. The highest BCUT2D eigenvalue weighted by molar-refractivity contribution is 5.67. The van der Waals surface area contributed by atoms with Gasteiger partial charge in [0.15, 0.2) is 0 Å². The third kappa shape index (κ3) is 20.9. The molecule has 1 aromatic rings. The van der Waals surface area contributed by atoms with Gasteiger partial charge in [0, 0.05) is 19.1 Å². The van der Waals surface area contributed by atoms with E-state index in [9.17, 15) is 9.59 Å². The van der Waals surface area contributed by atoms with Gasteiger partial charge in [0.05, 0.1) is 13.2 Å². The van der Waals surface area contributed by atoms with Crippen LogP contribution in [0.25, 0.3) is 0 Å². The van der Waals surface area contributed by atoms with Crippen molar-refractivity contribution in [3.05, 3.63) is 35.9 Å². The molecule has 0 fully saturated rings. The fraction of sp³-hybridized carbons (Fsp3) is 0.714. The Bertz CT molecular complexity index is 698. The molecule has 0 aliphatic heterocycles. The van der Waals surface area contributed by atoms with E-state index in [2.05, 4.69) is 50.5 Å². The molecule has 1 aromatic carbocycles. The number of benzene rings is 1. The average Bonchev–Trinajstić information content (AvgIpc) is 2.71. The lowest BCUT2D eigenvalue weighted by Gasteiger charge is -2.34. The van der Waals surface area contributed by atoms with Crippen molar-refractivity contribution in [1.82, 2.24) is 10.6 Å². The Balaban J connectivity index is 0.000000691.